The van der Waals surface area contributed by atoms with Crippen LogP contribution in [0.5, 0.6) is 0 Å². The van der Waals surface area contributed by atoms with Crippen molar-refractivity contribution in [2.75, 3.05) is 13.2 Å². The molecule has 4 aromatic rings. The second-order valence-electron chi connectivity index (χ2n) is 25.8. The van der Waals surface area contributed by atoms with Crippen molar-refractivity contribution >= 4 is 43.3 Å². The number of unbranched alkanes of at least 4 members (excludes halogenated alkanes) is 6. The van der Waals surface area contributed by atoms with Gasteiger partial charge in [-0.1, -0.05) is 0 Å². The van der Waals surface area contributed by atoms with Crippen LogP contribution in [0.1, 0.15) is 202 Å². The van der Waals surface area contributed by atoms with Crippen LogP contribution in [0.15, 0.2) is 96.1 Å². The third-order valence-electron chi connectivity index (χ3n) is 15.4. The Hall–Kier alpha value is -2.04. The molecule has 69 heavy (non-hydrogen) atoms. The Morgan fingerprint density at radius 3 is 1.48 bits per heavy atom. The van der Waals surface area contributed by atoms with Gasteiger partial charge in [0.15, 0.2) is 0 Å². The first-order valence-electron chi connectivity index (χ1n) is 26.4. The number of benzene rings is 4. The molecule has 0 radical (unpaired) electrons. The fraction of sp³-hybridized carbons (Fsp3) is 0.556. The predicted molar refractivity (Wildman–Crippen MR) is 309 cm³/mol. The van der Waals surface area contributed by atoms with Crippen LogP contribution in [0.3, 0.4) is 0 Å². The van der Waals surface area contributed by atoms with Crippen LogP contribution in [-0.2, 0) is 37.7 Å². The van der Waals surface area contributed by atoms with E-state index in [9.17, 15) is 0 Å². The standard InChI is InChI=1S/C30H41O.C22H25.C10H21O.CH3.2ClH.H2Si.Zr/c1-22-21-24-13-12-15-27(23-16-18-25(19-17-23)29(2,3)4)28(24)26(22)14-10-8-9-11-20-31-30(5,6)7;1-15(2)18-13-17-7-6-8-20(21(17)14-18)16-9-11-19(12-10-16)22(3,4)5;1-5-6-7-8-9-11-10(2,3)4;;;;;/h12-13,15-19,21H,8-11,14,20H2,1-7H3;6-15H,1-5H3;1,5-9H2,2-4H3;1H3;2*1H;1H2;. The summed E-state index contributed by atoms with van der Waals surface area (Å²) in [6.45, 7) is 38.8. The Bertz CT molecular complexity index is 2470. The summed E-state index contributed by atoms with van der Waals surface area (Å²) in [7, 11) is 0. The minimum Gasteiger partial charge on any atom is -0.147 e. The maximum absolute atomic E-state index is 6.21. The molecule has 2 atom stereocenters. The van der Waals surface area contributed by atoms with Crippen molar-refractivity contribution in [2.24, 2.45) is 5.92 Å². The van der Waals surface area contributed by atoms with Gasteiger partial charge in [-0.2, -0.15) is 0 Å². The molecule has 0 saturated heterocycles. The van der Waals surface area contributed by atoms with E-state index in [4.69, 9.17) is 9.47 Å². The monoisotopic (exact) mass is 1070 g/mol. The summed E-state index contributed by atoms with van der Waals surface area (Å²) in [6.07, 6.45) is 13.5. The van der Waals surface area contributed by atoms with E-state index in [1.54, 1.807) is 33.4 Å². The van der Waals surface area contributed by atoms with Gasteiger partial charge in [-0.05, 0) is 0 Å². The van der Waals surface area contributed by atoms with E-state index >= 15 is 0 Å². The number of fused-ring (bicyclic) bond motifs is 2. The molecule has 2 aliphatic rings. The molecular weight excluding hydrogens is 979 g/mol. The second kappa shape index (κ2) is 23.4. The molecule has 2 unspecified atom stereocenters. The molecule has 0 amide bonds. The number of halogens is 2. The first-order chi connectivity index (χ1) is 31.2. The van der Waals surface area contributed by atoms with Crippen molar-refractivity contribution in [2.45, 2.75) is 200 Å². The van der Waals surface area contributed by atoms with E-state index in [1.807, 2.05) is 0 Å². The van der Waals surface area contributed by atoms with Crippen molar-refractivity contribution < 1.29 is 26.9 Å². The number of hydrogen-bond donors (Lipinski definition) is 0. The molecule has 0 aliphatic heterocycles. The molecule has 6 rings (SSSR count). The maximum atomic E-state index is 6.21. The van der Waals surface area contributed by atoms with E-state index < -0.39 is 17.4 Å². The van der Waals surface area contributed by atoms with Crippen molar-refractivity contribution in [3.63, 3.8) is 0 Å². The van der Waals surface area contributed by atoms with Crippen LogP contribution >= 0.6 is 24.8 Å². The maximum Gasteiger partial charge on any atom is -0.147 e. The van der Waals surface area contributed by atoms with Gasteiger partial charge in [0, 0.05) is 0 Å². The molecule has 0 fully saturated rings. The molecule has 0 spiro atoms. The minimum atomic E-state index is -4.15. The van der Waals surface area contributed by atoms with Gasteiger partial charge in [-0.15, -0.1) is 24.8 Å². The Morgan fingerprint density at radius 2 is 1.00 bits per heavy atom. The number of ether oxygens (including phenoxy) is 2. The summed E-state index contributed by atoms with van der Waals surface area (Å²) in [6, 6.07) is 33.9. The zero-order chi connectivity index (χ0) is 49.2. The first kappa shape index (κ1) is 59.5. The fourth-order valence-electron chi connectivity index (χ4n) is 11.9. The van der Waals surface area contributed by atoms with E-state index in [-0.39, 0.29) is 46.8 Å². The third kappa shape index (κ3) is 14.2. The van der Waals surface area contributed by atoms with Crippen molar-refractivity contribution in [3.8, 4) is 22.3 Å². The Kier molecular flexibility index (Phi) is 20.2. The molecule has 0 aromatic heterocycles. The van der Waals surface area contributed by atoms with Crippen molar-refractivity contribution in [1.82, 2.24) is 0 Å². The second-order valence-corrected chi connectivity index (χ2v) is 54.2. The number of allylic oxidation sites excluding steroid dienone is 3. The van der Waals surface area contributed by atoms with Crippen LogP contribution in [0.2, 0.25) is 8.76 Å². The summed E-state index contributed by atoms with van der Waals surface area (Å²) in [5, 5.41) is 0. The molecule has 4 aromatic carbocycles. The third-order valence-corrected chi connectivity index (χ3v) is 38.6. The van der Waals surface area contributed by atoms with Gasteiger partial charge in [0.2, 0.25) is 0 Å². The number of rotatable bonds is 19. The van der Waals surface area contributed by atoms with Gasteiger partial charge in [0.05, 0.1) is 0 Å². The van der Waals surface area contributed by atoms with Gasteiger partial charge in [0.25, 0.3) is 0 Å². The largest absolute Gasteiger partial charge is 0.147 e. The van der Waals surface area contributed by atoms with Crippen LogP contribution in [0.25, 0.3) is 33.9 Å². The van der Waals surface area contributed by atoms with Crippen LogP contribution in [0, 0.1) is 5.92 Å². The van der Waals surface area contributed by atoms with Gasteiger partial charge in [-0.25, -0.2) is 0 Å². The normalized spacial score (nSPS) is 16.6. The van der Waals surface area contributed by atoms with E-state index in [0.29, 0.717) is 13.2 Å². The molecule has 0 bridgehead atoms. The van der Waals surface area contributed by atoms with E-state index in [1.165, 1.54) is 81.6 Å². The average Bonchev–Trinajstić information content (AvgIpc) is 3.79. The quantitative estimate of drug-likeness (QED) is 0.0688. The van der Waals surface area contributed by atoms with Crippen molar-refractivity contribution in [3.05, 3.63) is 129 Å². The Labute approximate surface area is 437 Å². The smallest absolute Gasteiger partial charge is 0.147 e. The molecule has 0 N–H and O–H groups in total. The first-order valence-corrected chi connectivity index (χ1v) is 39.4. The van der Waals surface area contributed by atoms with Gasteiger partial charge >= 0.3 is 416 Å². The summed E-state index contributed by atoms with van der Waals surface area (Å²) < 4.78 is 17.6. The van der Waals surface area contributed by atoms with Gasteiger partial charge < -0.3 is 0 Å². The summed E-state index contributed by atoms with van der Waals surface area (Å²) in [5.74, 6) is 0.459. The summed E-state index contributed by atoms with van der Waals surface area (Å²) in [5.41, 5.74) is 19.7. The SMILES string of the molecule is CC1=C(CCCCCCOC(C)(C)C)c2c(-c3ccc(C(C)(C)C)cc3)cccc2[CH]1[Zr]([CH3])(=[SiH2])([CH2]CCCCCOC(C)(C)C)[CH]1C(C(C)C)=Cc2c(-c3ccc(C(C)(C)C)cc3)cccc21.Cl.Cl. The number of hydrogen-bond acceptors (Lipinski definition) is 2. The van der Waals surface area contributed by atoms with Crippen LogP contribution in [-0.4, -0.2) is 31.3 Å². The molecule has 380 valence electrons. The fourth-order valence-corrected chi connectivity index (χ4v) is 37.4. The molecule has 0 heterocycles. The van der Waals surface area contributed by atoms with Gasteiger partial charge in [0.1, 0.15) is 0 Å². The average molecular weight is 1070 g/mol. The molecule has 2 aliphatic carbocycles. The van der Waals surface area contributed by atoms with Crippen molar-refractivity contribution in [1.29, 1.82) is 0 Å². The molecule has 2 nitrogen and oxygen atoms in total. The van der Waals surface area contributed by atoms with Crippen LogP contribution < -0.4 is 0 Å². The summed E-state index contributed by atoms with van der Waals surface area (Å²) in [4.78, 5) is 0. The topological polar surface area (TPSA) is 18.5 Å². The minimum absolute atomic E-state index is 0. The zero-order valence-corrected chi connectivity index (χ0v) is 51.7. The zero-order valence-electron chi connectivity index (χ0n) is 46.2. The Morgan fingerprint density at radius 1 is 0.551 bits per heavy atom. The summed E-state index contributed by atoms with van der Waals surface area (Å²) >= 11 is -4.15. The molecule has 0 saturated carbocycles. The van der Waals surface area contributed by atoms with Crippen LogP contribution in [0.4, 0.5) is 0 Å². The molecule has 6 heteroatoms. The van der Waals surface area contributed by atoms with E-state index in [2.05, 4.69) is 206 Å². The molecular formula is C63H94Cl2O2SiZr. The van der Waals surface area contributed by atoms with E-state index in [0.717, 1.165) is 32.5 Å². The predicted octanol–water partition coefficient (Wildman–Crippen LogP) is 18.9. The Balaban J connectivity index is 0.00000518. The van der Waals surface area contributed by atoms with Gasteiger partial charge in [-0.3, -0.25) is 0 Å².